The van der Waals surface area contributed by atoms with Gasteiger partial charge in [-0.1, -0.05) is 28.8 Å². The molecule has 2 aromatic rings. The molecule has 1 saturated carbocycles. The minimum absolute atomic E-state index is 0. The number of nitrogens with zero attached hydrogens (tertiary/aromatic N) is 1. The molecule has 1 aromatic carbocycles. The predicted molar refractivity (Wildman–Crippen MR) is 88.8 cm³/mol. The van der Waals surface area contributed by atoms with Crippen LogP contribution in [0.2, 0.25) is 0 Å². The number of hydrogen-bond acceptors (Lipinski definition) is 3. The van der Waals surface area contributed by atoms with E-state index in [0.29, 0.717) is 12.2 Å². The summed E-state index contributed by atoms with van der Waals surface area (Å²) in [7, 11) is 0. The zero-order valence-corrected chi connectivity index (χ0v) is 13.9. The van der Waals surface area contributed by atoms with Crippen LogP contribution >= 0.6 is 28.3 Å². The lowest BCUT2D eigenvalue weighted by molar-refractivity contribution is 0.0899. The van der Waals surface area contributed by atoms with E-state index in [4.69, 9.17) is 5.73 Å². The third-order valence-electron chi connectivity index (χ3n) is 4.07. The maximum Gasteiger partial charge on any atom is 0.272 e. The van der Waals surface area contributed by atoms with Crippen molar-refractivity contribution in [1.82, 2.24) is 15.5 Å². The fourth-order valence-electron chi connectivity index (χ4n) is 2.89. The number of rotatable bonds is 3. The van der Waals surface area contributed by atoms with E-state index >= 15 is 0 Å². The molecular weight excluding hydrogens is 356 g/mol. The highest BCUT2D eigenvalue weighted by Crippen LogP contribution is 2.29. The first-order chi connectivity index (χ1) is 9.63. The molecule has 0 bridgehead atoms. The summed E-state index contributed by atoms with van der Waals surface area (Å²) in [6.07, 6.45) is 4.12. The summed E-state index contributed by atoms with van der Waals surface area (Å²) in [5.74, 6) is -0.151. The third-order valence-corrected chi connectivity index (χ3v) is 4.56. The fourth-order valence-corrected chi connectivity index (χ4v) is 3.25. The van der Waals surface area contributed by atoms with E-state index in [2.05, 4.69) is 31.4 Å². The van der Waals surface area contributed by atoms with Gasteiger partial charge in [0.15, 0.2) is 5.69 Å². The molecule has 0 atom stereocenters. The normalized spacial score (nSPS) is 16.7. The number of carbonyl (C=O) groups is 1. The van der Waals surface area contributed by atoms with Gasteiger partial charge in [0.2, 0.25) is 0 Å². The van der Waals surface area contributed by atoms with Crippen molar-refractivity contribution in [2.75, 3.05) is 6.54 Å². The van der Waals surface area contributed by atoms with Gasteiger partial charge in [0.05, 0.1) is 11.1 Å². The average molecular weight is 374 g/mol. The van der Waals surface area contributed by atoms with Crippen molar-refractivity contribution >= 4 is 45.1 Å². The Kier molecular flexibility index (Phi) is 4.91. The number of H-pyrrole nitrogens is 1. The quantitative estimate of drug-likeness (QED) is 0.773. The molecule has 5 nitrogen and oxygen atoms in total. The second kappa shape index (κ2) is 6.34. The second-order valence-corrected chi connectivity index (χ2v) is 6.32. The number of fused-ring (bicyclic) bond motifs is 1. The summed E-state index contributed by atoms with van der Waals surface area (Å²) in [5.41, 5.74) is 6.89. The first-order valence-electron chi connectivity index (χ1n) is 6.80. The number of aromatic nitrogens is 2. The maximum atomic E-state index is 12.5. The maximum absolute atomic E-state index is 12.5. The largest absolute Gasteiger partial charge is 0.344 e. The minimum Gasteiger partial charge on any atom is -0.344 e. The van der Waals surface area contributed by atoms with Crippen LogP contribution in [0.5, 0.6) is 0 Å². The van der Waals surface area contributed by atoms with E-state index in [1.807, 2.05) is 18.2 Å². The monoisotopic (exact) mass is 372 g/mol. The Balaban J connectivity index is 0.00000161. The molecule has 0 radical (unpaired) electrons. The van der Waals surface area contributed by atoms with Crippen LogP contribution in [0.25, 0.3) is 10.9 Å². The SMILES string of the molecule is Cl.NCC1(NC(=O)c2n[nH]c3ccc(Br)cc23)CCCC1. The first-order valence-corrected chi connectivity index (χ1v) is 7.59. The van der Waals surface area contributed by atoms with E-state index in [1.54, 1.807) is 0 Å². The highest BCUT2D eigenvalue weighted by Gasteiger charge is 2.34. The molecule has 0 unspecified atom stereocenters. The molecule has 3 rings (SSSR count). The Morgan fingerprint density at radius 1 is 1.43 bits per heavy atom. The number of halogens is 2. The van der Waals surface area contributed by atoms with Crippen LogP contribution in [-0.2, 0) is 0 Å². The number of benzene rings is 1. The number of nitrogens with one attached hydrogen (secondary N) is 2. The summed E-state index contributed by atoms with van der Waals surface area (Å²) >= 11 is 3.42. The number of amides is 1. The smallest absolute Gasteiger partial charge is 0.272 e. The van der Waals surface area contributed by atoms with E-state index in [1.165, 1.54) is 0 Å². The number of nitrogens with two attached hydrogens (primary N) is 1. The van der Waals surface area contributed by atoms with Crippen molar-refractivity contribution in [3.05, 3.63) is 28.4 Å². The van der Waals surface area contributed by atoms with Gasteiger partial charge in [-0.25, -0.2) is 0 Å². The molecule has 1 aliphatic rings. The van der Waals surface area contributed by atoms with E-state index in [-0.39, 0.29) is 23.9 Å². The molecule has 1 heterocycles. The van der Waals surface area contributed by atoms with Crippen LogP contribution < -0.4 is 11.1 Å². The summed E-state index contributed by atoms with van der Waals surface area (Å²) in [5, 5.41) is 10.9. The lowest BCUT2D eigenvalue weighted by Gasteiger charge is -2.28. The topological polar surface area (TPSA) is 83.8 Å². The highest BCUT2D eigenvalue weighted by molar-refractivity contribution is 9.10. The molecule has 1 amide bonds. The summed E-state index contributed by atoms with van der Waals surface area (Å²) < 4.78 is 0.926. The van der Waals surface area contributed by atoms with E-state index in [9.17, 15) is 4.79 Å². The molecule has 7 heteroatoms. The average Bonchev–Trinajstić information content (AvgIpc) is 3.05. The third kappa shape index (κ3) is 3.07. The Labute approximate surface area is 137 Å². The lowest BCUT2D eigenvalue weighted by Crippen LogP contribution is -2.51. The minimum atomic E-state index is -0.256. The molecular formula is C14H18BrClN4O. The Morgan fingerprint density at radius 3 is 2.81 bits per heavy atom. The van der Waals surface area contributed by atoms with Gasteiger partial charge in [-0.05, 0) is 31.0 Å². The summed E-state index contributed by atoms with van der Waals surface area (Å²) in [6.45, 7) is 0.477. The summed E-state index contributed by atoms with van der Waals surface area (Å²) in [6, 6.07) is 5.72. The molecule has 0 aliphatic heterocycles. The zero-order chi connectivity index (χ0) is 14.2. The molecule has 4 N–H and O–H groups in total. The molecule has 1 aliphatic carbocycles. The van der Waals surface area contributed by atoms with E-state index < -0.39 is 0 Å². The van der Waals surface area contributed by atoms with Gasteiger partial charge < -0.3 is 11.1 Å². The molecule has 0 saturated heterocycles. The van der Waals surface area contributed by atoms with Gasteiger partial charge in [0.1, 0.15) is 0 Å². The second-order valence-electron chi connectivity index (χ2n) is 5.41. The van der Waals surface area contributed by atoms with Crippen LogP contribution in [-0.4, -0.2) is 28.2 Å². The molecule has 21 heavy (non-hydrogen) atoms. The van der Waals surface area contributed by atoms with Gasteiger partial charge in [0.25, 0.3) is 5.91 Å². The van der Waals surface area contributed by atoms with E-state index in [0.717, 1.165) is 41.1 Å². The lowest BCUT2D eigenvalue weighted by atomic mass is 9.97. The fraction of sp³-hybridized carbons (Fsp3) is 0.429. The van der Waals surface area contributed by atoms with Crippen molar-refractivity contribution in [3.8, 4) is 0 Å². The zero-order valence-electron chi connectivity index (χ0n) is 11.5. The van der Waals surface area contributed by atoms with Crippen molar-refractivity contribution < 1.29 is 4.79 Å². The standard InChI is InChI=1S/C14H17BrN4O.ClH/c15-9-3-4-11-10(7-9)12(19-18-11)13(20)17-14(8-16)5-1-2-6-14;/h3-4,7H,1-2,5-6,8,16H2,(H,17,20)(H,18,19);1H. The Morgan fingerprint density at radius 2 is 2.14 bits per heavy atom. The van der Waals surface area contributed by atoms with Crippen LogP contribution in [0.4, 0.5) is 0 Å². The van der Waals surface area contributed by atoms with Gasteiger partial charge >= 0.3 is 0 Å². The van der Waals surface area contributed by atoms with Crippen LogP contribution in [0.15, 0.2) is 22.7 Å². The van der Waals surface area contributed by atoms with Gasteiger partial charge in [-0.3, -0.25) is 9.89 Å². The Bertz CT molecular complexity index is 651. The molecule has 0 spiro atoms. The molecule has 114 valence electrons. The summed E-state index contributed by atoms with van der Waals surface area (Å²) in [4.78, 5) is 12.5. The van der Waals surface area contributed by atoms with Crippen molar-refractivity contribution in [2.24, 2.45) is 5.73 Å². The van der Waals surface area contributed by atoms with Crippen molar-refractivity contribution in [1.29, 1.82) is 0 Å². The van der Waals surface area contributed by atoms with Crippen molar-refractivity contribution in [2.45, 2.75) is 31.2 Å². The number of carbonyl (C=O) groups excluding carboxylic acids is 1. The van der Waals surface area contributed by atoms with Gasteiger partial charge in [-0.2, -0.15) is 5.10 Å². The van der Waals surface area contributed by atoms with Crippen molar-refractivity contribution in [3.63, 3.8) is 0 Å². The van der Waals surface area contributed by atoms with Crippen LogP contribution in [0, 0.1) is 0 Å². The molecule has 1 aromatic heterocycles. The highest BCUT2D eigenvalue weighted by atomic mass is 79.9. The van der Waals surface area contributed by atoms with Gasteiger partial charge in [-0.15, -0.1) is 12.4 Å². The molecule has 1 fully saturated rings. The van der Waals surface area contributed by atoms with Crippen LogP contribution in [0.3, 0.4) is 0 Å². The Hall–Kier alpha value is -1.11. The number of hydrogen-bond donors (Lipinski definition) is 3. The van der Waals surface area contributed by atoms with Crippen LogP contribution in [0.1, 0.15) is 36.2 Å². The first kappa shape index (κ1) is 16.3. The van der Waals surface area contributed by atoms with Gasteiger partial charge in [0, 0.05) is 16.4 Å². The number of aromatic amines is 1. The predicted octanol–water partition coefficient (Wildman–Crippen LogP) is 2.75.